The van der Waals surface area contributed by atoms with Gasteiger partial charge >= 0.3 is 11.8 Å². The quantitative estimate of drug-likeness (QED) is 0.471. The van der Waals surface area contributed by atoms with Crippen LogP contribution >= 0.6 is 11.3 Å². The molecule has 2 heterocycles. The van der Waals surface area contributed by atoms with Crippen LogP contribution in [-0.2, 0) is 22.7 Å². The maximum Gasteiger partial charge on any atom is 0.309 e. The number of thiophene rings is 1. The van der Waals surface area contributed by atoms with E-state index in [0.29, 0.717) is 10.6 Å². The van der Waals surface area contributed by atoms with Gasteiger partial charge in [0, 0.05) is 17.0 Å². The number of hydrogen-bond donors (Lipinski definition) is 2. The monoisotopic (exact) mass is 398 g/mol. The van der Waals surface area contributed by atoms with Gasteiger partial charge in [-0.15, -0.1) is 11.3 Å². The van der Waals surface area contributed by atoms with Crippen molar-refractivity contribution >= 4 is 28.9 Å². The normalized spacial score (nSPS) is 10.3. The molecule has 2 N–H and O–H groups in total. The molecule has 3 rings (SSSR count). The molecule has 0 unspecified atom stereocenters. The molecule has 0 saturated carbocycles. The minimum atomic E-state index is -0.748. The lowest BCUT2D eigenvalue weighted by molar-refractivity contribution is -0.139. The first kappa shape index (κ1) is 19.4. The van der Waals surface area contributed by atoms with Crippen molar-refractivity contribution in [2.75, 3.05) is 7.11 Å². The smallest absolute Gasteiger partial charge is 0.309 e. The van der Waals surface area contributed by atoms with Gasteiger partial charge in [-0.25, -0.2) is 0 Å². The van der Waals surface area contributed by atoms with Gasteiger partial charge in [0.15, 0.2) is 5.76 Å². The minimum absolute atomic E-state index is 0.150. The second kappa shape index (κ2) is 9.01. The summed E-state index contributed by atoms with van der Waals surface area (Å²) in [4.78, 5) is 37.4. The fourth-order valence-electron chi connectivity index (χ4n) is 2.48. The summed E-state index contributed by atoms with van der Waals surface area (Å²) in [5.74, 6) is -0.817. The summed E-state index contributed by atoms with van der Waals surface area (Å²) in [6.07, 6.45) is 1.44. The van der Waals surface area contributed by atoms with Crippen molar-refractivity contribution in [1.82, 2.24) is 10.6 Å². The Labute approximate surface area is 165 Å². The molecule has 0 aliphatic heterocycles. The van der Waals surface area contributed by atoms with Gasteiger partial charge in [0.1, 0.15) is 5.75 Å². The maximum atomic E-state index is 12.2. The van der Waals surface area contributed by atoms with Crippen molar-refractivity contribution in [1.29, 1.82) is 0 Å². The molecule has 0 radical (unpaired) electrons. The summed E-state index contributed by atoms with van der Waals surface area (Å²) in [5, 5.41) is 5.10. The van der Waals surface area contributed by atoms with E-state index in [0.717, 1.165) is 10.4 Å². The van der Waals surface area contributed by atoms with Crippen LogP contribution < -0.4 is 15.4 Å². The largest absolute Gasteiger partial charge is 0.496 e. The molecule has 0 aliphatic rings. The molecule has 0 saturated heterocycles. The molecule has 144 valence electrons. The van der Waals surface area contributed by atoms with Crippen LogP contribution in [0.1, 0.15) is 25.9 Å². The third kappa shape index (κ3) is 4.66. The number of amides is 2. The number of ether oxygens (including phenoxy) is 1. The van der Waals surface area contributed by atoms with E-state index in [1.54, 1.807) is 43.5 Å². The number of hydrogen-bond acceptors (Lipinski definition) is 6. The summed E-state index contributed by atoms with van der Waals surface area (Å²) in [5.41, 5.74) is 0.769. The minimum Gasteiger partial charge on any atom is -0.496 e. The van der Waals surface area contributed by atoms with Gasteiger partial charge in [0.05, 0.1) is 24.8 Å². The molecule has 0 spiro atoms. The summed E-state index contributed by atoms with van der Waals surface area (Å²) in [6.45, 7) is 0.327. The number of carbonyl (C=O) groups excluding carboxylic acids is 3. The van der Waals surface area contributed by atoms with Gasteiger partial charge in [-0.1, -0.05) is 18.2 Å². The van der Waals surface area contributed by atoms with Gasteiger partial charge in [0.2, 0.25) is 5.78 Å². The molecule has 0 atom stereocenters. The Hall–Kier alpha value is -3.39. The van der Waals surface area contributed by atoms with Crippen LogP contribution in [0.2, 0.25) is 0 Å². The van der Waals surface area contributed by atoms with Gasteiger partial charge < -0.3 is 19.8 Å². The lowest BCUT2D eigenvalue weighted by Gasteiger charge is -2.09. The second-order valence-electron chi connectivity index (χ2n) is 5.75. The van der Waals surface area contributed by atoms with Crippen molar-refractivity contribution in [3.8, 4) is 5.75 Å². The zero-order valence-corrected chi connectivity index (χ0v) is 15.9. The molecule has 8 heteroatoms. The number of para-hydroxylation sites is 1. The van der Waals surface area contributed by atoms with Crippen molar-refractivity contribution < 1.29 is 23.5 Å². The second-order valence-corrected chi connectivity index (χ2v) is 6.92. The fraction of sp³-hybridized carbons (Fsp3) is 0.150. The molecular formula is C20H18N2O5S. The molecule has 0 fully saturated rings. The van der Waals surface area contributed by atoms with Gasteiger partial charge in [-0.3, -0.25) is 14.4 Å². The van der Waals surface area contributed by atoms with E-state index in [2.05, 4.69) is 10.6 Å². The van der Waals surface area contributed by atoms with Crippen molar-refractivity contribution in [2.24, 2.45) is 0 Å². The zero-order valence-electron chi connectivity index (χ0n) is 15.1. The fourth-order valence-corrected chi connectivity index (χ4v) is 3.37. The number of furan rings is 1. The Morgan fingerprint density at radius 3 is 2.43 bits per heavy atom. The molecule has 3 aromatic rings. The van der Waals surface area contributed by atoms with E-state index in [-0.39, 0.29) is 24.6 Å². The Morgan fingerprint density at radius 1 is 0.964 bits per heavy atom. The number of carbonyl (C=O) groups is 3. The SMILES string of the molecule is COc1ccccc1CNC(=O)C(=O)NCc1ccc(C(=O)c2ccco2)s1. The Kier molecular flexibility index (Phi) is 6.23. The van der Waals surface area contributed by atoms with Crippen molar-refractivity contribution in [3.63, 3.8) is 0 Å². The third-order valence-electron chi connectivity index (χ3n) is 3.89. The standard InChI is InChI=1S/C20H18N2O5S/c1-26-15-6-3-2-5-13(15)11-21-19(24)20(25)22-12-14-8-9-17(28-14)18(23)16-7-4-10-27-16/h2-10H,11-12H2,1H3,(H,21,24)(H,22,25). The first-order valence-electron chi connectivity index (χ1n) is 8.43. The number of rotatable bonds is 7. The van der Waals surface area contributed by atoms with E-state index < -0.39 is 11.8 Å². The Morgan fingerprint density at radius 2 is 1.71 bits per heavy atom. The first-order valence-corrected chi connectivity index (χ1v) is 9.25. The molecule has 28 heavy (non-hydrogen) atoms. The number of nitrogens with one attached hydrogen (secondary N) is 2. The average Bonchev–Trinajstić information content (AvgIpc) is 3.42. The van der Waals surface area contributed by atoms with Gasteiger partial charge in [-0.05, 0) is 30.3 Å². The topological polar surface area (TPSA) is 97.6 Å². The van der Waals surface area contributed by atoms with Crippen LogP contribution in [0.3, 0.4) is 0 Å². The summed E-state index contributed by atoms with van der Waals surface area (Å²) >= 11 is 1.24. The predicted octanol–water partition coefficient (Wildman–Crippen LogP) is 2.51. The molecule has 1 aromatic carbocycles. The van der Waals surface area contributed by atoms with Gasteiger partial charge in [-0.2, -0.15) is 0 Å². The van der Waals surface area contributed by atoms with Crippen LogP contribution in [0, 0.1) is 0 Å². The van der Waals surface area contributed by atoms with Crippen LogP contribution in [0.15, 0.2) is 59.2 Å². The van der Waals surface area contributed by atoms with E-state index >= 15 is 0 Å². The molecule has 2 aromatic heterocycles. The van der Waals surface area contributed by atoms with Crippen LogP contribution in [0.4, 0.5) is 0 Å². The third-order valence-corrected chi connectivity index (χ3v) is 4.98. The van der Waals surface area contributed by atoms with Gasteiger partial charge in [0.25, 0.3) is 0 Å². The van der Waals surface area contributed by atoms with E-state index in [4.69, 9.17) is 9.15 Å². The lowest BCUT2D eigenvalue weighted by atomic mass is 10.2. The van der Waals surface area contributed by atoms with Crippen LogP contribution in [0.5, 0.6) is 5.75 Å². The number of ketones is 1. The summed E-state index contributed by atoms with van der Waals surface area (Å²) in [6, 6.07) is 13.9. The van der Waals surface area contributed by atoms with Crippen LogP contribution in [0.25, 0.3) is 0 Å². The van der Waals surface area contributed by atoms with E-state index in [1.165, 1.54) is 17.6 Å². The van der Waals surface area contributed by atoms with Crippen molar-refractivity contribution in [2.45, 2.75) is 13.1 Å². The predicted molar refractivity (Wildman–Crippen MR) is 103 cm³/mol. The molecule has 0 bridgehead atoms. The highest BCUT2D eigenvalue weighted by atomic mass is 32.1. The molecule has 0 aliphatic carbocycles. The molecular weight excluding hydrogens is 380 g/mol. The summed E-state index contributed by atoms with van der Waals surface area (Å²) in [7, 11) is 1.54. The maximum absolute atomic E-state index is 12.2. The summed E-state index contributed by atoms with van der Waals surface area (Å²) < 4.78 is 10.3. The highest BCUT2D eigenvalue weighted by Crippen LogP contribution is 2.20. The number of benzene rings is 1. The Bertz CT molecular complexity index is 978. The number of methoxy groups -OCH3 is 1. The first-order chi connectivity index (χ1) is 13.6. The zero-order chi connectivity index (χ0) is 19.9. The Balaban J connectivity index is 1.50. The highest BCUT2D eigenvalue weighted by Gasteiger charge is 2.16. The highest BCUT2D eigenvalue weighted by molar-refractivity contribution is 7.14. The molecule has 7 nitrogen and oxygen atoms in total. The van der Waals surface area contributed by atoms with E-state index in [1.807, 2.05) is 12.1 Å². The van der Waals surface area contributed by atoms with Crippen LogP contribution in [-0.4, -0.2) is 24.7 Å². The van der Waals surface area contributed by atoms with Crippen molar-refractivity contribution in [3.05, 3.63) is 75.9 Å². The molecule has 2 amide bonds. The lowest BCUT2D eigenvalue weighted by Crippen LogP contribution is -2.39. The van der Waals surface area contributed by atoms with E-state index in [9.17, 15) is 14.4 Å². The average molecular weight is 398 g/mol.